The highest BCUT2D eigenvalue weighted by Gasteiger charge is 2.22. The summed E-state index contributed by atoms with van der Waals surface area (Å²) < 4.78 is 26.5. The first-order valence-corrected chi connectivity index (χ1v) is 4.22. The summed E-state index contributed by atoms with van der Waals surface area (Å²) in [4.78, 5) is 4.99. The van der Waals surface area contributed by atoms with Gasteiger partial charge in [-0.15, -0.1) is 0 Å². The Labute approximate surface area is 80.1 Å². The number of benzene rings is 1. The van der Waals surface area contributed by atoms with E-state index in [9.17, 15) is 8.78 Å². The lowest BCUT2D eigenvalue weighted by molar-refractivity contribution is 0.0382. The van der Waals surface area contributed by atoms with Crippen molar-refractivity contribution in [1.82, 2.24) is 5.48 Å². The van der Waals surface area contributed by atoms with Crippen LogP contribution in [0.2, 0.25) is 0 Å². The second-order valence-electron chi connectivity index (χ2n) is 3.13. The average molecular weight is 197 g/mol. The SMILES string of the molecule is CC1=CC(c2c(F)cccc2F)ON1. The van der Waals surface area contributed by atoms with Crippen molar-refractivity contribution in [2.24, 2.45) is 0 Å². The van der Waals surface area contributed by atoms with Crippen molar-refractivity contribution >= 4 is 0 Å². The summed E-state index contributed by atoms with van der Waals surface area (Å²) in [5.74, 6) is -1.19. The van der Waals surface area contributed by atoms with Crippen LogP contribution in [0.25, 0.3) is 0 Å². The molecule has 0 saturated carbocycles. The molecule has 0 spiro atoms. The third kappa shape index (κ3) is 1.48. The Morgan fingerprint density at radius 2 is 1.93 bits per heavy atom. The van der Waals surface area contributed by atoms with Gasteiger partial charge in [0.25, 0.3) is 0 Å². The Morgan fingerprint density at radius 1 is 1.29 bits per heavy atom. The molecule has 1 aliphatic heterocycles. The van der Waals surface area contributed by atoms with Crippen LogP contribution in [-0.2, 0) is 4.84 Å². The van der Waals surface area contributed by atoms with Crippen molar-refractivity contribution in [3.05, 3.63) is 47.2 Å². The molecule has 74 valence electrons. The fraction of sp³-hybridized carbons (Fsp3) is 0.200. The van der Waals surface area contributed by atoms with E-state index in [4.69, 9.17) is 4.84 Å². The number of nitrogens with one attached hydrogen (secondary N) is 1. The Hall–Kier alpha value is -1.42. The molecule has 4 heteroatoms. The zero-order valence-corrected chi connectivity index (χ0v) is 7.55. The smallest absolute Gasteiger partial charge is 0.136 e. The van der Waals surface area contributed by atoms with E-state index >= 15 is 0 Å². The molecular weight excluding hydrogens is 188 g/mol. The maximum Gasteiger partial charge on any atom is 0.136 e. The Morgan fingerprint density at radius 3 is 2.43 bits per heavy atom. The van der Waals surface area contributed by atoms with Gasteiger partial charge in [0, 0.05) is 5.70 Å². The van der Waals surface area contributed by atoms with Crippen LogP contribution in [0.5, 0.6) is 0 Å². The maximum atomic E-state index is 13.3. The summed E-state index contributed by atoms with van der Waals surface area (Å²) in [6.07, 6.45) is 0.942. The van der Waals surface area contributed by atoms with Crippen LogP contribution >= 0.6 is 0 Å². The van der Waals surface area contributed by atoms with Gasteiger partial charge in [-0.05, 0) is 25.1 Å². The van der Waals surface area contributed by atoms with Gasteiger partial charge in [-0.2, -0.15) is 0 Å². The molecule has 0 fully saturated rings. The predicted octanol–water partition coefficient (Wildman–Crippen LogP) is 2.44. The van der Waals surface area contributed by atoms with Gasteiger partial charge in [-0.3, -0.25) is 10.3 Å². The van der Waals surface area contributed by atoms with Gasteiger partial charge in [-0.25, -0.2) is 8.78 Å². The van der Waals surface area contributed by atoms with Crippen molar-refractivity contribution in [1.29, 1.82) is 0 Å². The molecule has 14 heavy (non-hydrogen) atoms. The first kappa shape index (κ1) is 9.15. The van der Waals surface area contributed by atoms with Gasteiger partial charge in [0.1, 0.15) is 17.7 Å². The van der Waals surface area contributed by atoms with E-state index in [-0.39, 0.29) is 5.56 Å². The summed E-state index contributed by atoms with van der Waals surface area (Å²) in [5, 5.41) is 0. The topological polar surface area (TPSA) is 21.3 Å². The Kier molecular flexibility index (Phi) is 2.21. The molecule has 1 aromatic carbocycles. The molecule has 0 aromatic heterocycles. The summed E-state index contributed by atoms with van der Waals surface area (Å²) in [7, 11) is 0. The molecule has 0 saturated heterocycles. The third-order valence-corrected chi connectivity index (χ3v) is 2.03. The van der Waals surface area contributed by atoms with Crippen LogP contribution in [-0.4, -0.2) is 0 Å². The van der Waals surface area contributed by atoms with Gasteiger partial charge in [0.15, 0.2) is 0 Å². The van der Waals surface area contributed by atoms with Crippen LogP contribution in [0.1, 0.15) is 18.6 Å². The van der Waals surface area contributed by atoms with Gasteiger partial charge in [0.2, 0.25) is 0 Å². The minimum Gasteiger partial charge on any atom is -0.271 e. The van der Waals surface area contributed by atoms with E-state index < -0.39 is 17.7 Å². The van der Waals surface area contributed by atoms with E-state index in [1.54, 1.807) is 13.0 Å². The normalized spacial score (nSPS) is 20.5. The first-order chi connectivity index (χ1) is 6.68. The molecule has 1 aliphatic rings. The molecule has 1 atom stereocenters. The van der Waals surface area contributed by atoms with Crippen LogP contribution in [0.15, 0.2) is 30.0 Å². The Bertz CT molecular complexity index is 369. The van der Waals surface area contributed by atoms with Crippen molar-refractivity contribution in [2.75, 3.05) is 0 Å². The second-order valence-corrected chi connectivity index (χ2v) is 3.13. The largest absolute Gasteiger partial charge is 0.271 e. The van der Waals surface area contributed by atoms with Crippen molar-refractivity contribution in [2.45, 2.75) is 13.0 Å². The van der Waals surface area contributed by atoms with Crippen molar-refractivity contribution in [3.8, 4) is 0 Å². The average Bonchev–Trinajstić information content (AvgIpc) is 2.51. The number of halogens is 2. The molecule has 0 radical (unpaired) electrons. The van der Waals surface area contributed by atoms with Crippen LogP contribution < -0.4 is 5.48 Å². The summed E-state index contributed by atoms with van der Waals surface area (Å²) in [6, 6.07) is 3.75. The molecular formula is C10H9F2NO. The number of hydrogen-bond donors (Lipinski definition) is 1. The van der Waals surface area contributed by atoms with E-state index in [2.05, 4.69) is 5.48 Å². The fourth-order valence-electron chi connectivity index (χ4n) is 1.38. The molecule has 2 nitrogen and oxygen atoms in total. The summed E-state index contributed by atoms with van der Waals surface area (Å²) in [5.41, 5.74) is 3.24. The fourth-order valence-corrected chi connectivity index (χ4v) is 1.38. The molecule has 1 heterocycles. The summed E-state index contributed by atoms with van der Waals surface area (Å²) >= 11 is 0. The lowest BCUT2D eigenvalue weighted by atomic mass is 10.1. The highest BCUT2D eigenvalue weighted by molar-refractivity contribution is 5.27. The molecule has 1 aromatic rings. The molecule has 0 amide bonds. The van der Waals surface area contributed by atoms with Crippen LogP contribution in [0.4, 0.5) is 8.78 Å². The number of hydrogen-bond acceptors (Lipinski definition) is 2. The van der Waals surface area contributed by atoms with Gasteiger partial charge >= 0.3 is 0 Å². The number of allylic oxidation sites excluding steroid dienone is 1. The highest BCUT2D eigenvalue weighted by Crippen LogP contribution is 2.27. The number of hydroxylamine groups is 1. The van der Waals surface area contributed by atoms with Crippen LogP contribution in [0, 0.1) is 11.6 Å². The van der Waals surface area contributed by atoms with E-state index in [1.807, 2.05) is 0 Å². The predicted molar refractivity (Wildman–Crippen MR) is 47.1 cm³/mol. The standard InChI is InChI=1S/C10H9F2NO/c1-6-5-9(14-13-6)10-7(11)3-2-4-8(10)12/h2-5,9,13H,1H3. The summed E-state index contributed by atoms with van der Waals surface area (Å²) in [6.45, 7) is 1.76. The minimum atomic E-state index is -0.684. The molecule has 2 rings (SSSR count). The first-order valence-electron chi connectivity index (χ1n) is 4.22. The van der Waals surface area contributed by atoms with Crippen LogP contribution in [0.3, 0.4) is 0 Å². The molecule has 0 bridgehead atoms. The monoisotopic (exact) mass is 197 g/mol. The van der Waals surface area contributed by atoms with E-state index in [0.29, 0.717) is 0 Å². The maximum absolute atomic E-state index is 13.3. The highest BCUT2D eigenvalue weighted by atomic mass is 19.1. The van der Waals surface area contributed by atoms with Gasteiger partial charge in [0.05, 0.1) is 5.56 Å². The Balaban J connectivity index is 2.41. The zero-order chi connectivity index (χ0) is 10.1. The molecule has 0 aliphatic carbocycles. The van der Waals surface area contributed by atoms with E-state index in [0.717, 1.165) is 5.70 Å². The van der Waals surface area contributed by atoms with Crippen molar-refractivity contribution in [3.63, 3.8) is 0 Å². The van der Waals surface area contributed by atoms with Gasteiger partial charge in [-0.1, -0.05) is 6.07 Å². The molecule has 1 unspecified atom stereocenters. The lowest BCUT2D eigenvalue weighted by Gasteiger charge is -2.09. The lowest BCUT2D eigenvalue weighted by Crippen LogP contribution is -2.09. The second kappa shape index (κ2) is 3.38. The third-order valence-electron chi connectivity index (χ3n) is 2.03. The van der Waals surface area contributed by atoms with E-state index in [1.165, 1.54) is 18.2 Å². The minimum absolute atomic E-state index is 0.0585. The molecule has 1 N–H and O–H groups in total. The van der Waals surface area contributed by atoms with Crippen molar-refractivity contribution < 1.29 is 13.6 Å². The van der Waals surface area contributed by atoms with Gasteiger partial charge < -0.3 is 0 Å². The quantitative estimate of drug-likeness (QED) is 0.746. The number of rotatable bonds is 1. The zero-order valence-electron chi connectivity index (χ0n) is 7.55.